The minimum atomic E-state index is -1.83. The molecule has 0 bridgehead atoms. The third-order valence-corrected chi connectivity index (χ3v) is 9.10. The topological polar surface area (TPSA) is 17.8 Å². The second-order valence-electron chi connectivity index (χ2n) is 12.1. The molecule has 0 unspecified atom stereocenters. The van der Waals surface area contributed by atoms with Gasteiger partial charge in [0.1, 0.15) is 78.5 Å². The van der Waals surface area contributed by atoms with Gasteiger partial charge in [-0.3, -0.25) is 4.57 Å². The predicted octanol–water partition coefficient (Wildman–Crippen LogP) is -4.78. The van der Waals surface area contributed by atoms with Crippen LogP contribution in [0.5, 0.6) is 0 Å². The van der Waals surface area contributed by atoms with Gasteiger partial charge in [0.15, 0.2) is 0 Å². The molecule has 6 aromatic carbocycles. The number of imidazole rings is 1. The average Bonchev–Trinajstić information content (AvgIpc) is 3.48. The smallest absolute Gasteiger partial charge is 0.113 e. The Morgan fingerprint density at radius 2 is 0.918 bits per heavy atom. The lowest BCUT2D eigenvalue weighted by Gasteiger charge is -2.28. The first-order valence-electron chi connectivity index (χ1n) is 15.0. The molecule has 7 rings (SSSR count). The first-order chi connectivity index (χ1) is 23.1. The molecule has 0 saturated carbocycles. The van der Waals surface area contributed by atoms with E-state index in [-0.39, 0.29) is 60.5 Å². The molecular formula is C34H11B13N2. The molecule has 0 atom stereocenters. The number of benzene rings is 6. The van der Waals surface area contributed by atoms with Gasteiger partial charge in [0.2, 0.25) is 0 Å². The van der Waals surface area contributed by atoms with E-state index in [0.29, 0.717) is 55.1 Å². The lowest BCUT2D eigenvalue weighted by atomic mass is 9.42. The lowest BCUT2D eigenvalue weighted by molar-refractivity contribution is 0.939. The Hall–Kier alpha value is -3.85. The third kappa shape index (κ3) is 5.01. The minimum Gasteiger partial charge on any atom is -0.296 e. The van der Waals surface area contributed by atoms with Crippen molar-refractivity contribution in [3.63, 3.8) is 0 Å². The van der Waals surface area contributed by atoms with E-state index in [9.17, 15) is 0 Å². The van der Waals surface area contributed by atoms with Crippen LogP contribution < -0.4 is 54.6 Å². The molecule has 0 fully saturated rings. The molecule has 0 amide bonds. The Morgan fingerprint density at radius 3 is 1.49 bits per heavy atom. The van der Waals surface area contributed by atoms with Crippen LogP contribution in [0.2, 0.25) is 0 Å². The van der Waals surface area contributed by atoms with Crippen LogP contribution in [0, 0.1) is 0 Å². The maximum Gasteiger partial charge on any atom is 0.113 e. The van der Waals surface area contributed by atoms with E-state index in [4.69, 9.17) is 107 Å². The number of hydrogen-bond donors (Lipinski definition) is 0. The normalized spacial score (nSPS) is 11.9. The van der Waals surface area contributed by atoms with Crippen molar-refractivity contribution in [2.75, 3.05) is 0 Å². The first kappa shape index (κ1) is 33.6. The molecule has 1 aromatic heterocycles. The number of rotatable bonds is 4. The summed E-state index contributed by atoms with van der Waals surface area (Å²) in [5, 5.41) is 0.941. The van der Waals surface area contributed by atoms with Crippen molar-refractivity contribution < 1.29 is 0 Å². The van der Waals surface area contributed by atoms with Crippen molar-refractivity contribution in [1.82, 2.24) is 9.55 Å². The molecule has 49 heavy (non-hydrogen) atoms. The van der Waals surface area contributed by atoms with E-state index in [1.807, 2.05) is 71.3 Å². The number of fused-ring (bicyclic) bond motifs is 3. The van der Waals surface area contributed by atoms with Gasteiger partial charge in [-0.15, -0.1) is 32.8 Å². The Balaban J connectivity index is 1.76. The summed E-state index contributed by atoms with van der Waals surface area (Å²) >= 11 is 0. The third-order valence-electron chi connectivity index (χ3n) is 9.10. The van der Waals surface area contributed by atoms with Crippen LogP contribution in [-0.4, -0.2) is 112 Å². The molecule has 2 nitrogen and oxygen atoms in total. The highest BCUT2D eigenvalue weighted by molar-refractivity contribution is 6.70. The Morgan fingerprint density at radius 1 is 0.449 bits per heavy atom. The Kier molecular flexibility index (Phi) is 8.16. The number of hydrogen-bond acceptors (Lipinski definition) is 1. The van der Waals surface area contributed by atoms with E-state index in [2.05, 4.69) is 0 Å². The van der Waals surface area contributed by atoms with Gasteiger partial charge in [-0.1, -0.05) is 75.5 Å². The minimum absolute atomic E-state index is 0.0812. The standard InChI is InChI=1S/C34H11B13N2/c35-22-19(23(36)27(40)30(43)26(22)39)12-9-10-15-16(11-12)20(21-24(37)28(41)31(44)29(42)25(21)38)13-5-1-2-6-14(13)32(15)49-18-8-4-3-7-17(18)48-33(49)34(45,46)47/h1-11H. The molecule has 26 radical (unpaired) electrons. The lowest BCUT2D eigenvalue weighted by Crippen LogP contribution is -2.55. The van der Waals surface area contributed by atoms with Crippen LogP contribution in [-0.2, 0) is 5.11 Å². The van der Waals surface area contributed by atoms with Gasteiger partial charge >= 0.3 is 0 Å². The number of aromatic nitrogens is 2. The maximum absolute atomic E-state index is 6.72. The van der Waals surface area contributed by atoms with Crippen molar-refractivity contribution in [3.8, 4) is 27.9 Å². The average molecular weight is 588 g/mol. The molecule has 15 heteroatoms. The summed E-state index contributed by atoms with van der Waals surface area (Å²) in [6, 6.07) is 20.7. The fourth-order valence-corrected chi connectivity index (χ4v) is 6.64. The largest absolute Gasteiger partial charge is 0.296 e. The Labute approximate surface area is 303 Å². The van der Waals surface area contributed by atoms with Gasteiger partial charge in [-0.25, -0.2) is 4.98 Å². The molecular weight excluding hydrogens is 577 g/mol. The molecule has 0 saturated heterocycles. The summed E-state index contributed by atoms with van der Waals surface area (Å²) < 4.78 is 1.85. The molecule has 0 spiro atoms. The van der Waals surface area contributed by atoms with Crippen molar-refractivity contribution in [2.24, 2.45) is 0 Å². The van der Waals surface area contributed by atoms with Gasteiger partial charge in [-0.2, -0.15) is 0 Å². The number of para-hydroxylation sites is 2. The van der Waals surface area contributed by atoms with Gasteiger partial charge in [0, 0.05) is 10.8 Å². The maximum atomic E-state index is 6.72. The van der Waals surface area contributed by atoms with E-state index in [1.54, 1.807) is 0 Å². The summed E-state index contributed by atoms with van der Waals surface area (Å²) in [5.74, 6) is 0.213. The predicted molar refractivity (Wildman–Crippen MR) is 220 cm³/mol. The van der Waals surface area contributed by atoms with Crippen molar-refractivity contribution in [1.29, 1.82) is 0 Å². The summed E-state index contributed by atoms with van der Waals surface area (Å²) in [5.41, 5.74) is 5.12. The van der Waals surface area contributed by atoms with Crippen molar-refractivity contribution in [2.45, 2.75) is 5.11 Å². The fourth-order valence-electron chi connectivity index (χ4n) is 6.64. The monoisotopic (exact) mass is 590 g/mol. The summed E-state index contributed by atoms with van der Waals surface area (Å²) in [6.07, 6.45) is 0. The van der Waals surface area contributed by atoms with Crippen LogP contribution in [0.25, 0.3) is 60.5 Å². The fraction of sp³-hybridized carbons (Fsp3) is 0.0294. The first-order valence-corrected chi connectivity index (χ1v) is 15.0. The molecule has 0 aliphatic heterocycles. The van der Waals surface area contributed by atoms with Crippen molar-refractivity contribution in [3.05, 3.63) is 72.6 Å². The zero-order valence-electron chi connectivity index (χ0n) is 26.3. The molecule has 0 N–H and O–H groups in total. The van der Waals surface area contributed by atoms with Crippen LogP contribution >= 0.6 is 0 Å². The summed E-state index contributed by atoms with van der Waals surface area (Å²) in [6.45, 7) is 0. The van der Waals surface area contributed by atoms with Crippen LogP contribution in [0.15, 0.2) is 66.7 Å². The quantitative estimate of drug-likeness (QED) is 0.149. The van der Waals surface area contributed by atoms with E-state index >= 15 is 0 Å². The molecule has 0 aliphatic rings. The van der Waals surface area contributed by atoms with Gasteiger partial charge < -0.3 is 0 Å². The highest BCUT2D eigenvalue weighted by Crippen LogP contribution is 2.43. The van der Waals surface area contributed by atoms with E-state index < -0.39 is 5.11 Å². The van der Waals surface area contributed by atoms with Crippen LogP contribution in [0.1, 0.15) is 5.82 Å². The number of nitrogens with zero attached hydrogens (tertiary/aromatic N) is 2. The molecule has 1 heterocycles. The zero-order chi connectivity index (χ0) is 35.3. The molecule has 0 aliphatic carbocycles. The van der Waals surface area contributed by atoms with E-state index in [1.165, 1.54) is 0 Å². The SMILES string of the molecule is [B]c1c([B])c([B])c(-c2ccc3c(-n4c(C([B])([B])[B])nc5ccccc54)c4ccccc4c(-c4c([B])c([B])c([B])c([B])c4[B])c3c2)c([B])c1[B]. The van der Waals surface area contributed by atoms with Gasteiger partial charge in [0.05, 0.1) is 46.1 Å². The highest BCUT2D eigenvalue weighted by Gasteiger charge is 2.27. The van der Waals surface area contributed by atoms with Crippen LogP contribution in [0.4, 0.5) is 0 Å². The van der Waals surface area contributed by atoms with Crippen LogP contribution in [0.3, 0.4) is 0 Å². The molecule has 7 aromatic rings. The second kappa shape index (κ2) is 11.9. The second-order valence-corrected chi connectivity index (χ2v) is 12.1. The van der Waals surface area contributed by atoms with Gasteiger partial charge in [-0.05, 0) is 51.2 Å². The van der Waals surface area contributed by atoms with Crippen molar-refractivity contribution >= 4 is 189 Å². The van der Waals surface area contributed by atoms with E-state index in [0.717, 1.165) is 5.39 Å². The summed E-state index contributed by atoms with van der Waals surface area (Å²) in [4.78, 5) is 4.76. The highest BCUT2D eigenvalue weighted by atomic mass is 15.1. The summed E-state index contributed by atoms with van der Waals surface area (Å²) in [7, 11) is 83.3. The Bertz CT molecular complexity index is 2490. The van der Waals surface area contributed by atoms with Gasteiger partial charge in [0.25, 0.3) is 0 Å². The zero-order valence-corrected chi connectivity index (χ0v) is 26.3. The molecule has 196 valence electrons.